The number of amides is 1. The van der Waals surface area contributed by atoms with Crippen LogP contribution in [0.2, 0.25) is 0 Å². The minimum Gasteiger partial charge on any atom is -0.365 e. The van der Waals surface area contributed by atoms with Crippen molar-refractivity contribution in [3.8, 4) is 0 Å². The van der Waals surface area contributed by atoms with Crippen LogP contribution in [0.25, 0.3) is 11.2 Å². The van der Waals surface area contributed by atoms with Gasteiger partial charge < -0.3 is 25.8 Å². The second kappa shape index (κ2) is 12.9. The van der Waals surface area contributed by atoms with E-state index in [1.165, 1.54) is 25.7 Å². The third kappa shape index (κ3) is 6.42. The van der Waals surface area contributed by atoms with Crippen molar-refractivity contribution in [3.63, 3.8) is 0 Å². The van der Waals surface area contributed by atoms with Crippen molar-refractivity contribution in [2.75, 3.05) is 23.7 Å². The van der Waals surface area contributed by atoms with Crippen LogP contribution < -0.4 is 16.4 Å². The van der Waals surface area contributed by atoms with Crippen LogP contribution in [0.5, 0.6) is 0 Å². The lowest BCUT2D eigenvalue weighted by molar-refractivity contribution is -0.126. The molecule has 200 valence electrons. The van der Waals surface area contributed by atoms with Crippen molar-refractivity contribution in [2.45, 2.75) is 95.3 Å². The number of imidazole rings is 1. The van der Waals surface area contributed by atoms with Crippen molar-refractivity contribution in [2.24, 2.45) is 5.73 Å². The van der Waals surface area contributed by atoms with E-state index in [-0.39, 0.29) is 36.8 Å². The molecule has 0 unspecified atom stereocenters. The Morgan fingerprint density at radius 1 is 0.972 bits per heavy atom. The molecule has 4 N–H and O–H groups in total. The van der Waals surface area contributed by atoms with E-state index in [0.29, 0.717) is 24.1 Å². The van der Waals surface area contributed by atoms with Gasteiger partial charge in [0.15, 0.2) is 17.0 Å². The smallest absolute Gasteiger partial charge is 0.246 e. The van der Waals surface area contributed by atoms with Gasteiger partial charge in [-0.15, -0.1) is 24.8 Å². The molecule has 2 aromatic rings. The molecule has 3 heterocycles. The monoisotopic (exact) mass is 538 g/mol. The fourth-order valence-corrected chi connectivity index (χ4v) is 5.66. The Kier molecular flexibility index (Phi) is 10.2. The van der Waals surface area contributed by atoms with Gasteiger partial charge in [-0.05, 0) is 64.4 Å². The third-order valence-electron chi connectivity index (χ3n) is 7.70. The minimum atomic E-state index is 0. The van der Waals surface area contributed by atoms with Gasteiger partial charge in [-0.1, -0.05) is 18.9 Å². The maximum Gasteiger partial charge on any atom is 0.246 e. The van der Waals surface area contributed by atoms with E-state index in [0.717, 1.165) is 68.6 Å². The van der Waals surface area contributed by atoms with Gasteiger partial charge in [-0.25, -0.2) is 4.98 Å². The lowest BCUT2D eigenvalue weighted by atomic mass is 9.92. The molecule has 9 nitrogen and oxygen atoms in total. The average Bonchev–Trinajstić information content (AvgIpc) is 3.51. The summed E-state index contributed by atoms with van der Waals surface area (Å²) < 4.78 is 2.26. The summed E-state index contributed by atoms with van der Waals surface area (Å²) in [6.45, 7) is 3.38. The zero-order valence-electron chi connectivity index (χ0n) is 21.1. The molecule has 36 heavy (non-hydrogen) atoms. The minimum absolute atomic E-state index is 0. The largest absolute Gasteiger partial charge is 0.365 e. The lowest BCUT2D eigenvalue weighted by Crippen LogP contribution is -2.41. The zero-order chi connectivity index (χ0) is 23.5. The van der Waals surface area contributed by atoms with Crippen LogP contribution in [0.3, 0.4) is 0 Å². The molecule has 11 heteroatoms. The zero-order valence-corrected chi connectivity index (χ0v) is 22.7. The van der Waals surface area contributed by atoms with Crippen LogP contribution in [0.15, 0.2) is 18.5 Å². The highest BCUT2D eigenvalue weighted by Gasteiger charge is 2.26. The summed E-state index contributed by atoms with van der Waals surface area (Å²) in [4.78, 5) is 28.7. The molecule has 0 radical (unpaired) electrons. The Morgan fingerprint density at radius 2 is 1.64 bits per heavy atom. The summed E-state index contributed by atoms with van der Waals surface area (Å²) in [5.41, 5.74) is 7.86. The van der Waals surface area contributed by atoms with Crippen LogP contribution in [0.4, 0.5) is 11.8 Å². The van der Waals surface area contributed by atoms with Crippen molar-refractivity contribution in [1.29, 1.82) is 0 Å². The third-order valence-corrected chi connectivity index (χ3v) is 7.70. The number of nitrogens with zero attached hydrogens (tertiary/aromatic N) is 5. The highest BCUT2D eigenvalue weighted by Crippen LogP contribution is 2.33. The first-order valence-corrected chi connectivity index (χ1v) is 13.1. The Morgan fingerprint density at radius 3 is 2.31 bits per heavy atom. The first-order chi connectivity index (χ1) is 16.6. The maximum atomic E-state index is 12.2. The number of anilines is 2. The maximum absolute atomic E-state index is 12.2. The van der Waals surface area contributed by atoms with Gasteiger partial charge in [-0.2, -0.15) is 9.97 Å². The second-order valence-electron chi connectivity index (χ2n) is 10.2. The number of piperidine rings is 1. The molecule has 1 amide bonds. The number of aromatic nitrogens is 4. The summed E-state index contributed by atoms with van der Waals surface area (Å²) in [5.74, 6) is 1.57. The van der Waals surface area contributed by atoms with E-state index >= 15 is 0 Å². The number of allylic oxidation sites excluding steroid dienone is 1. The highest BCUT2D eigenvalue weighted by atomic mass is 35.5. The highest BCUT2D eigenvalue weighted by molar-refractivity contribution is 5.87. The fourth-order valence-electron chi connectivity index (χ4n) is 5.66. The Bertz CT molecular complexity index is 1020. The molecular formula is C25H40Cl2N8O. The number of carbonyl (C=O) groups is 1. The number of hydrogen-bond donors (Lipinski definition) is 3. The quantitative estimate of drug-likeness (QED) is 0.465. The van der Waals surface area contributed by atoms with Gasteiger partial charge in [0.25, 0.3) is 0 Å². The van der Waals surface area contributed by atoms with E-state index in [2.05, 4.69) is 15.2 Å². The predicted molar refractivity (Wildman–Crippen MR) is 149 cm³/mol. The first kappa shape index (κ1) is 28.5. The molecule has 2 saturated carbocycles. The van der Waals surface area contributed by atoms with Crippen LogP contribution in [-0.4, -0.2) is 61.5 Å². The predicted octanol–water partition coefficient (Wildman–Crippen LogP) is 4.45. The van der Waals surface area contributed by atoms with Gasteiger partial charge in [0.2, 0.25) is 11.9 Å². The lowest BCUT2D eigenvalue weighted by Gasteiger charge is -2.32. The molecule has 0 spiro atoms. The number of halogens is 2. The number of likely N-dealkylation sites (tertiary alicyclic amines) is 1. The van der Waals surface area contributed by atoms with Crippen LogP contribution >= 0.6 is 24.8 Å². The van der Waals surface area contributed by atoms with E-state index < -0.39 is 0 Å². The number of nitrogens with one attached hydrogen (secondary N) is 2. The summed E-state index contributed by atoms with van der Waals surface area (Å²) in [6, 6.07) is 1.39. The number of fused-ring (bicyclic) bond motifs is 1. The number of carbonyl (C=O) groups excluding carboxylic acids is 1. The summed E-state index contributed by atoms with van der Waals surface area (Å²) in [5, 5.41) is 7.26. The standard InChI is InChI=1S/C25H38N8O.2ClH/c1-2-5-21(34)32-14-12-19(13-15-32)28-23-22-24(33(16-27-22)20-6-3-4-7-20)31-25(30-23)29-18-10-8-17(26)9-11-18;;/h2,5,16-20H,3-4,6-15,26H2,1H3,(H2,28,29,30,31);2*1H/b5-2+;;. The molecule has 0 atom stereocenters. The van der Waals surface area contributed by atoms with Crippen molar-refractivity contribution in [3.05, 3.63) is 18.5 Å². The van der Waals surface area contributed by atoms with E-state index in [4.69, 9.17) is 20.7 Å². The molecule has 2 aromatic heterocycles. The molecule has 0 bridgehead atoms. The van der Waals surface area contributed by atoms with Crippen molar-refractivity contribution >= 4 is 53.7 Å². The fraction of sp³-hybridized carbons (Fsp3) is 0.680. The van der Waals surface area contributed by atoms with E-state index in [1.807, 2.05) is 18.2 Å². The number of hydrogen-bond acceptors (Lipinski definition) is 7. The molecular weight excluding hydrogens is 499 g/mol. The summed E-state index contributed by atoms with van der Waals surface area (Å²) in [6.07, 6.45) is 16.2. The van der Waals surface area contributed by atoms with Gasteiger partial charge in [0.05, 0.1) is 6.33 Å². The van der Waals surface area contributed by atoms with Gasteiger partial charge in [0, 0.05) is 37.3 Å². The van der Waals surface area contributed by atoms with Crippen molar-refractivity contribution < 1.29 is 4.79 Å². The normalized spacial score (nSPS) is 23.4. The topological polar surface area (TPSA) is 114 Å². The Hall–Kier alpha value is -2.10. The Balaban J connectivity index is 0.00000180. The van der Waals surface area contributed by atoms with Crippen LogP contribution in [0.1, 0.15) is 77.2 Å². The molecule has 3 aliphatic rings. The molecule has 1 saturated heterocycles. The first-order valence-electron chi connectivity index (χ1n) is 13.1. The SMILES string of the molecule is C/C=C/C(=O)N1CCC(Nc2nc(NC3CCC(N)CC3)nc3c2ncn3C2CCCC2)CC1.Cl.Cl. The Labute approximate surface area is 225 Å². The average molecular weight is 540 g/mol. The van der Waals surface area contributed by atoms with Gasteiger partial charge in [-0.3, -0.25) is 4.79 Å². The molecule has 2 aliphatic carbocycles. The van der Waals surface area contributed by atoms with Crippen molar-refractivity contribution in [1.82, 2.24) is 24.4 Å². The van der Waals surface area contributed by atoms with Crippen LogP contribution in [-0.2, 0) is 4.79 Å². The molecule has 3 fully saturated rings. The molecule has 1 aliphatic heterocycles. The second-order valence-corrected chi connectivity index (χ2v) is 10.2. The summed E-state index contributed by atoms with van der Waals surface area (Å²) >= 11 is 0. The molecule has 0 aromatic carbocycles. The number of nitrogens with two attached hydrogens (primary N) is 1. The van der Waals surface area contributed by atoms with E-state index in [1.54, 1.807) is 12.2 Å². The number of rotatable bonds is 6. The van der Waals surface area contributed by atoms with Gasteiger partial charge >= 0.3 is 0 Å². The van der Waals surface area contributed by atoms with Crippen LogP contribution in [0, 0.1) is 0 Å². The summed E-state index contributed by atoms with van der Waals surface area (Å²) in [7, 11) is 0. The van der Waals surface area contributed by atoms with E-state index in [9.17, 15) is 4.79 Å². The van der Waals surface area contributed by atoms with Gasteiger partial charge in [0.1, 0.15) is 0 Å². The molecule has 5 rings (SSSR count).